The molecule has 4 nitrogen and oxygen atoms in total. The molecule has 10 aromatic rings. The maximum absolute atomic E-state index is 5.24. The molecule has 0 atom stereocenters. The lowest BCUT2D eigenvalue weighted by Gasteiger charge is -2.21. The third-order valence-corrected chi connectivity index (χ3v) is 11.7. The molecule has 0 aliphatic carbocycles. The van der Waals surface area contributed by atoms with Crippen LogP contribution in [0.5, 0.6) is 0 Å². The first kappa shape index (κ1) is 26.4. The van der Waals surface area contributed by atoms with Gasteiger partial charge in [-0.25, -0.2) is 9.97 Å². The fourth-order valence-corrected chi connectivity index (χ4v) is 9.67. The van der Waals surface area contributed by atoms with Crippen molar-refractivity contribution in [1.82, 2.24) is 19.1 Å². The van der Waals surface area contributed by atoms with E-state index >= 15 is 0 Å². The van der Waals surface area contributed by atoms with Crippen molar-refractivity contribution in [3.05, 3.63) is 146 Å². The molecular weight excluding hydrogens is 625 g/mol. The van der Waals surface area contributed by atoms with Gasteiger partial charge in [0.15, 0.2) is 5.82 Å². The Morgan fingerprint density at radius 2 is 1.23 bits per heavy atom. The van der Waals surface area contributed by atoms with Gasteiger partial charge in [0.25, 0.3) is 0 Å². The smallest absolute Gasteiger partial charge is 0.161 e. The topological polar surface area (TPSA) is 35.6 Å². The van der Waals surface area contributed by atoms with E-state index in [0.29, 0.717) is 0 Å². The van der Waals surface area contributed by atoms with E-state index in [1.54, 1.807) is 11.3 Å². The van der Waals surface area contributed by atoms with E-state index in [1.807, 2.05) is 11.8 Å². The second-order valence-electron chi connectivity index (χ2n) is 12.2. The molecule has 6 heteroatoms. The van der Waals surface area contributed by atoms with Crippen LogP contribution in [0, 0.1) is 0 Å². The van der Waals surface area contributed by atoms with E-state index in [2.05, 4.69) is 155 Å². The van der Waals surface area contributed by atoms with Gasteiger partial charge < -0.3 is 0 Å². The Morgan fingerprint density at radius 1 is 0.500 bits per heavy atom. The van der Waals surface area contributed by atoms with Crippen LogP contribution in [-0.2, 0) is 0 Å². The molecular formula is C42H24N4S2. The Balaban J connectivity index is 1.15. The summed E-state index contributed by atoms with van der Waals surface area (Å²) in [7, 11) is 0. The van der Waals surface area contributed by atoms with E-state index in [1.165, 1.54) is 58.4 Å². The molecule has 11 rings (SSSR count). The molecule has 5 heterocycles. The van der Waals surface area contributed by atoms with E-state index in [9.17, 15) is 0 Å². The fourth-order valence-electron chi connectivity index (χ4n) is 7.51. The Bertz CT molecular complexity index is 2910. The van der Waals surface area contributed by atoms with Crippen molar-refractivity contribution in [2.75, 3.05) is 0 Å². The van der Waals surface area contributed by atoms with Crippen LogP contribution in [0.2, 0.25) is 0 Å². The molecule has 0 radical (unpaired) electrons. The summed E-state index contributed by atoms with van der Waals surface area (Å²) in [6.45, 7) is 0. The minimum atomic E-state index is 0.737. The zero-order valence-corrected chi connectivity index (χ0v) is 27.1. The minimum Gasteiger partial charge on any atom is -0.295 e. The van der Waals surface area contributed by atoms with Gasteiger partial charge in [0.2, 0.25) is 0 Å². The molecule has 224 valence electrons. The van der Waals surface area contributed by atoms with Gasteiger partial charge in [-0.2, -0.15) is 0 Å². The molecule has 4 aromatic heterocycles. The largest absolute Gasteiger partial charge is 0.295 e. The van der Waals surface area contributed by atoms with Crippen LogP contribution in [0.1, 0.15) is 0 Å². The number of thiophene rings is 1. The van der Waals surface area contributed by atoms with Crippen molar-refractivity contribution in [3.63, 3.8) is 0 Å². The third-order valence-electron chi connectivity index (χ3n) is 9.55. The molecule has 0 amide bonds. The van der Waals surface area contributed by atoms with Gasteiger partial charge in [-0.1, -0.05) is 103 Å². The molecule has 0 bridgehead atoms. The van der Waals surface area contributed by atoms with Crippen molar-refractivity contribution >= 4 is 76.2 Å². The van der Waals surface area contributed by atoms with Crippen LogP contribution in [-0.4, -0.2) is 19.1 Å². The van der Waals surface area contributed by atoms with Crippen molar-refractivity contribution in [1.29, 1.82) is 0 Å². The fraction of sp³-hybridized carbons (Fsp3) is 0. The van der Waals surface area contributed by atoms with E-state index < -0.39 is 0 Å². The highest BCUT2D eigenvalue weighted by Crippen LogP contribution is 2.49. The highest BCUT2D eigenvalue weighted by molar-refractivity contribution is 7.99. The Kier molecular flexibility index (Phi) is 5.45. The van der Waals surface area contributed by atoms with E-state index in [0.717, 1.165) is 38.5 Å². The maximum atomic E-state index is 5.24. The molecule has 48 heavy (non-hydrogen) atoms. The second-order valence-corrected chi connectivity index (χ2v) is 14.3. The summed E-state index contributed by atoms with van der Waals surface area (Å²) in [5.41, 5.74) is 9.05. The SMILES string of the molecule is c1ccc(-c2nc(-c3ccc(-n4c5ccccc5c5c6cccc7c6n(c54)-c4ccccc4S7)cc3)nc3sc4ccccc4c23)cc1. The van der Waals surface area contributed by atoms with Crippen molar-refractivity contribution in [2.24, 2.45) is 0 Å². The number of hydrogen-bond acceptors (Lipinski definition) is 4. The highest BCUT2D eigenvalue weighted by Gasteiger charge is 2.27. The summed E-state index contributed by atoms with van der Waals surface area (Å²) in [5, 5.41) is 6.15. The number of rotatable bonds is 3. The summed E-state index contributed by atoms with van der Waals surface area (Å²) >= 11 is 3.59. The lowest BCUT2D eigenvalue weighted by Crippen LogP contribution is -2.05. The van der Waals surface area contributed by atoms with Crippen LogP contribution >= 0.6 is 23.1 Å². The Hall–Kier alpha value is -5.69. The number of benzene rings is 6. The number of fused-ring (bicyclic) bond motifs is 10. The summed E-state index contributed by atoms with van der Waals surface area (Å²) in [6, 6.07) is 52.1. The zero-order valence-electron chi connectivity index (χ0n) is 25.5. The molecule has 1 aliphatic heterocycles. The Morgan fingerprint density at radius 3 is 2.12 bits per heavy atom. The standard InChI is InChI=1S/C42H24N4S2/c1-2-11-25(12-3-1)38-37-29-14-5-8-18-33(29)48-41(37)44-40(43-38)26-21-23-27(24-22-26)45-31-16-6-4-13-28(31)36-30-15-10-20-35-39(30)46(42(36)45)32-17-7-9-19-34(32)47-35/h1-24H. The lowest BCUT2D eigenvalue weighted by atomic mass is 10.1. The van der Waals surface area contributed by atoms with Crippen LogP contribution in [0.15, 0.2) is 155 Å². The molecule has 0 fully saturated rings. The number of para-hydroxylation sites is 3. The third kappa shape index (κ3) is 3.61. The minimum absolute atomic E-state index is 0.737. The van der Waals surface area contributed by atoms with Crippen LogP contribution < -0.4 is 0 Å². The maximum Gasteiger partial charge on any atom is 0.161 e. The van der Waals surface area contributed by atoms with Crippen molar-refractivity contribution in [3.8, 4) is 34.0 Å². The van der Waals surface area contributed by atoms with Gasteiger partial charge in [0.1, 0.15) is 10.5 Å². The predicted molar refractivity (Wildman–Crippen MR) is 201 cm³/mol. The molecule has 0 unspecified atom stereocenters. The Labute approximate surface area is 283 Å². The van der Waals surface area contributed by atoms with Gasteiger partial charge in [-0.05, 0) is 54.6 Å². The molecule has 0 saturated carbocycles. The first-order chi connectivity index (χ1) is 23.8. The van der Waals surface area contributed by atoms with E-state index in [4.69, 9.17) is 9.97 Å². The first-order valence-electron chi connectivity index (χ1n) is 16.0. The van der Waals surface area contributed by atoms with Gasteiger partial charge in [0, 0.05) is 58.2 Å². The van der Waals surface area contributed by atoms with Crippen molar-refractivity contribution < 1.29 is 0 Å². The summed E-state index contributed by atoms with van der Waals surface area (Å²) in [6.07, 6.45) is 0. The molecule has 6 aromatic carbocycles. The number of hydrogen-bond donors (Lipinski definition) is 0. The first-order valence-corrected chi connectivity index (χ1v) is 17.6. The number of nitrogens with zero attached hydrogens (tertiary/aromatic N) is 4. The van der Waals surface area contributed by atoms with Gasteiger partial charge in [0.05, 0.1) is 22.4 Å². The average molecular weight is 649 g/mol. The highest BCUT2D eigenvalue weighted by atomic mass is 32.2. The van der Waals surface area contributed by atoms with Gasteiger partial charge >= 0.3 is 0 Å². The molecule has 0 spiro atoms. The van der Waals surface area contributed by atoms with Crippen LogP contribution in [0.4, 0.5) is 0 Å². The second kappa shape index (κ2) is 9.91. The van der Waals surface area contributed by atoms with Gasteiger partial charge in [-0.15, -0.1) is 11.3 Å². The monoisotopic (exact) mass is 648 g/mol. The molecule has 0 N–H and O–H groups in total. The molecule has 0 saturated heterocycles. The summed E-state index contributed by atoms with van der Waals surface area (Å²) in [4.78, 5) is 14.0. The quantitative estimate of drug-likeness (QED) is 0.191. The van der Waals surface area contributed by atoms with E-state index in [-0.39, 0.29) is 0 Å². The molecule has 1 aliphatic rings. The van der Waals surface area contributed by atoms with Crippen LogP contribution in [0.3, 0.4) is 0 Å². The predicted octanol–water partition coefficient (Wildman–Crippen LogP) is 11.7. The van der Waals surface area contributed by atoms with Crippen LogP contribution in [0.25, 0.3) is 87.2 Å². The summed E-state index contributed by atoms with van der Waals surface area (Å²) in [5.74, 6) is 0.737. The van der Waals surface area contributed by atoms with Crippen molar-refractivity contribution in [2.45, 2.75) is 9.79 Å². The zero-order chi connectivity index (χ0) is 31.3. The number of aromatic nitrogens is 4. The average Bonchev–Trinajstić information content (AvgIpc) is 3.80. The van der Waals surface area contributed by atoms with Gasteiger partial charge in [-0.3, -0.25) is 9.13 Å². The lowest BCUT2D eigenvalue weighted by molar-refractivity contribution is 1.03. The normalized spacial score (nSPS) is 12.5. The summed E-state index contributed by atoms with van der Waals surface area (Å²) < 4.78 is 6.13.